The van der Waals surface area contributed by atoms with Crippen LogP contribution in [-0.4, -0.2) is 3.21 Å². The van der Waals surface area contributed by atoms with Gasteiger partial charge in [0.05, 0.1) is 0 Å². The summed E-state index contributed by atoms with van der Waals surface area (Å²) in [5.41, 5.74) is 9.99. The van der Waals surface area contributed by atoms with Gasteiger partial charge in [-0.05, 0) is 0 Å². The Labute approximate surface area is 412 Å². The van der Waals surface area contributed by atoms with Crippen LogP contribution in [-0.2, 0) is 61.7 Å². The zero-order valence-electron chi connectivity index (χ0n) is 41.9. The number of benzene rings is 4. The summed E-state index contributed by atoms with van der Waals surface area (Å²) in [4.78, 5) is 0. The van der Waals surface area contributed by atoms with Crippen molar-refractivity contribution in [3.63, 3.8) is 0 Å². The van der Waals surface area contributed by atoms with Crippen molar-refractivity contribution in [2.24, 2.45) is 11.3 Å². The molecular formula is C57H70Cl2F6Zr. The van der Waals surface area contributed by atoms with E-state index in [9.17, 15) is 26.3 Å². The van der Waals surface area contributed by atoms with Crippen LogP contribution in [0.3, 0.4) is 0 Å². The SMILES string of the molecule is CCCCC1C=C(C(C)(C)C)C=[C]1[Zr+2](=[C](c1ccc(C(F)(F)F)cc1)c1ccc(C(F)(F)F)cc1)[c]1c2c(cc(C(C)(C)C)c1C(C)(C)C)-c1cc(C(C)(C)C)c(C(C)(C)C)cc1C2.[Cl-].[Cl-]. The number of allylic oxidation sites excluding steroid dienone is 4. The third-order valence-corrected chi connectivity index (χ3v) is 21.0. The molecule has 2 aliphatic rings. The van der Waals surface area contributed by atoms with Crippen molar-refractivity contribution in [1.29, 1.82) is 0 Å². The molecule has 9 heteroatoms. The van der Waals surface area contributed by atoms with Crippen LogP contribution in [0.5, 0.6) is 0 Å². The van der Waals surface area contributed by atoms with Crippen molar-refractivity contribution < 1.29 is 72.4 Å². The summed E-state index contributed by atoms with van der Waals surface area (Å²) in [6, 6.07) is 18.2. The molecule has 0 saturated carbocycles. The first-order chi connectivity index (χ1) is 29.1. The summed E-state index contributed by atoms with van der Waals surface area (Å²) in [7, 11) is 0. The van der Waals surface area contributed by atoms with Crippen LogP contribution in [0.2, 0.25) is 0 Å². The topological polar surface area (TPSA) is 0 Å². The van der Waals surface area contributed by atoms with E-state index in [0.717, 1.165) is 46.7 Å². The number of hydrogen-bond donors (Lipinski definition) is 0. The van der Waals surface area contributed by atoms with Crippen LogP contribution in [0.25, 0.3) is 11.1 Å². The second-order valence-electron chi connectivity index (χ2n) is 23.6. The molecular weight excluding hydrogens is 961 g/mol. The molecule has 0 amide bonds. The van der Waals surface area contributed by atoms with Crippen LogP contribution in [0, 0.1) is 11.3 Å². The predicted molar refractivity (Wildman–Crippen MR) is 254 cm³/mol. The number of halogens is 8. The normalized spacial score (nSPS) is 15.5. The van der Waals surface area contributed by atoms with Crippen molar-refractivity contribution >= 4 is 6.48 Å². The van der Waals surface area contributed by atoms with E-state index in [0.29, 0.717) is 17.5 Å². The number of unbranched alkanes of at least 4 members (excludes halogenated alkanes) is 1. The minimum absolute atomic E-state index is 0. The van der Waals surface area contributed by atoms with Gasteiger partial charge in [0.2, 0.25) is 0 Å². The molecule has 1 unspecified atom stereocenters. The Balaban J connectivity index is 0.00000476. The van der Waals surface area contributed by atoms with Crippen LogP contribution >= 0.6 is 0 Å². The van der Waals surface area contributed by atoms with Crippen LogP contribution in [0.15, 0.2) is 87.7 Å². The fourth-order valence-electron chi connectivity index (χ4n) is 9.80. The number of alkyl halides is 6. The predicted octanol–water partition coefficient (Wildman–Crippen LogP) is 10.7. The third-order valence-electron chi connectivity index (χ3n) is 13.1. The van der Waals surface area contributed by atoms with Gasteiger partial charge in [-0.25, -0.2) is 0 Å². The van der Waals surface area contributed by atoms with Crippen molar-refractivity contribution in [1.82, 2.24) is 0 Å². The summed E-state index contributed by atoms with van der Waals surface area (Å²) in [6.07, 6.45) is -0.643. The molecule has 1 atom stereocenters. The van der Waals surface area contributed by atoms with Gasteiger partial charge in [-0.15, -0.1) is 0 Å². The zero-order chi connectivity index (χ0) is 47.9. The number of rotatable bonds is 7. The van der Waals surface area contributed by atoms with Gasteiger partial charge in [-0.3, -0.25) is 0 Å². The maximum absolute atomic E-state index is 14.3. The van der Waals surface area contributed by atoms with E-state index in [1.807, 2.05) is 0 Å². The quantitative estimate of drug-likeness (QED) is 0.143. The molecule has 0 nitrogen and oxygen atoms in total. The van der Waals surface area contributed by atoms with E-state index in [1.165, 1.54) is 56.6 Å². The summed E-state index contributed by atoms with van der Waals surface area (Å²) in [5, 5.41) is 0. The maximum Gasteiger partial charge on any atom is -1.00 e. The average Bonchev–Trinajstić information content (AvgIpc) is 3.74. The molecule has 0 radical (unpaired) electrons. The monoisotopic (exact) mass is 1030 g/mol. The average molecular weight is 1030 g/mol. The minimum atomic E-state index is -4.55. The van der Waals surface area contributed by atoms with Gasteiger partial charge in [0.25, 0.3) is 0 Å². The van der Waals surface area contributed by atoms with Crippen molar-refractivity contribution in [3.05, 3.63) is 143 Å². The Bertz CT molecular complexity index is 2460. The summed E-state index contributed by atoms with van der Waals surface area (Å²) >= 11 is -3.86. The molecule has 66 heavy (non-hydrogen) atoms. The van der Waals surface area contributed by atoms with Gasteiger partial charge < -0.3 is 24.8 Å². The third kappa shape index (κ3) is 11.5. The van der Waals surface area contributed by atoms with Crippen molar-refractivity contribution in [3.8, 4) is 11.1 Å². The molecule has 2 aliphatic carbocycles. The van der Waals surface area contributed by atoms with Gasteiger partial charge >= 0.3 is 390 Å². The molecule has 0 aromatic heterocycles. The van der Waals surface area contributed by atoms with Gasteiger partial charge in [0, 0.05) is 0 Å². The van der Waals surface area contributed by atoms with E-state index < -0.39 is 44.7 Å². The van der Waals surface area contributed by atoms with E-state index in [-0.39, 0.29) is 57.8 Å². The molecule has 358 valence electrons. The van der Waals surface area contributed by atoms with E-state index in [2.05, 4.69) is 141 Å². The Morgan fingerprint density at radius 1 is 0.561 bits per heavy atom. The molecule has 4 aromatic rings. The van der Waals surface area contributed by atoms with E-state index >= 15 is 0 Å². The fraction of sp³-hybridized carbons (Fsp3) is 0.491. The van der Waals surface area contributed by atoms with Crippen LogP contribution in [0.4, 0.5) is 26.3 Å². The van der Waals surface area contributed by atoms with Crippen LogP contribution < -0.4 is 28.1 Å². The molecule has 0 fully saturated rings. The van der Waals surface area contributed by atoms with Gasteiger partial charge in [0.15, 0.2) is 0 Å². The zero-order valence-corrected chi connectivity index (χ0v) is 45.9. The molecule has 0 saturated heterocycles. The Morgan fingerprint density at radius 2 is 1.00 bits per heavy atom. The van der Waals surface area contributed by atoms with Gasteiger partial charge in [0.1, 0.15) is 0 Å². The number of hydrogen-bond acceptors (Lipinski definition) is 0. The van der Waals surface area contributed by atoms with Crippen molar-refractivity contribution in [2.75, 3.05) is 0 Å². The summed E-state index contributed by atoms with van der Waals surface area (Å²) < 4.78 is 89.4. The first-order valence-electron chi connectivity index (χ1n) is 23.1. The first-order valence-corrected chi connectivity index (χ1v) is 26.8. The molecule has 4 aromatic carbocycles. The van der Waals surface area contributed by atoms with E-state index in [1.54, 1.807) is 24.3 Å². The van der Waals surface area contributed by atoms with Crippen molar-refractivity contribution in [2.45, 2.75) is 170 Å². The Morgan fingerprint density at radius 3 is 1.39 bits per heavy atom. The molecule has 6 rings (SSSR count). The van der Waals surface area contributed by atoms with Crippen LogP contribution in [0.1, 0.15) is 186 Å². The Kier molecular flexibility index (Phi) is 16.3. The smallest absolute Gasteiger partial charge is 1.00 e. The largest absolute Gasteiger partial charge is 1.00 e. The van der Waals surface area contributed by atoms with E-state index in [4.69, 9.17) is 0 Å². The first kappa shape index (κ1) is 55.9. The molecule has 0 heterocycles. The molecule has 0 bridgehead atoms. The molecule has 0 N–H and O–H groups in total. The Hall–Kier alpha value is -2.73. The molecule has 0 spiro atoms. The summed E-state index contributed by atoms with van der Waals surface area (Å²) in [6.45, 7) is 36.2. The van der Waals surface area contributed by atoms with Gasteiger partial charge in [-0.2, -0.15) is 0 Å². The second kappa shape index (κ2) is 19.2. The summed E-state index contributed by atoms with van der Waals surface area (Å²) in [5.74, 6) is 0.0768. The number of fused-ring (bicyclic) bond motifs is 3. The molecule has 0 aliphatic heterocycles. The van der Waals surface area contributed by atoms with Gasteiger partial charge in [-0.1, -0.05) is 0 Å². The minimum Gasteiger partial charge on any atom is -1.00 e. The standard InChI is InChI=1S/C29H41.C15H8F6.C13H21.2ClH.Zr/c1-26(2,3)22-14-18-13-19-15-23(27(4,5)6)25(29(10,11)12)17-21(19)20(18)16-24(22)28(7,8)9;16-14(17,18)12-5-1-10(2-6-12)9-11-3-7-13(8-4-11)15(19,20)21;1-5-6-7-11-8-9-12(10-11)13(2,3)4;;;/h14,16-17H,13H2,1-12H3;1-8H;9-11H,5-7H2,1-4H3;2*1H;/q;;;;;+2/p-2. The maximum atomic E-state index is 14.3. The second-order valence-corrected chi connectivity index (χ2v) is 29.3. The fourth-order valence-corrected chi connectivity index (χ4v) is 19.4.